The van der Waals surface area contributed by atoms with Crippen LogP contribution in [-0.4, -0.2) is 76.4 Å². The molecule has 134 valence electrons. The van der Waals surface area contributed by atoms with Crippen LogP contribution in [0.1, 0.15) is 37.2 Å². The maximum Gasteiger partial charge on any atom is 0.275 e. The van der Waals surface area contributed by atoms with E-state index >= 15 is 0 Å². The number of aromatic nitrogens is 3. The van der Waals surface area contributed by atoms with E-state index in [-0.39, 0.29) is 24.1 Å². The van der Waals surface area contributed by atoms with Crippen LogP contribution in [0.2, 0.25) is 0 Å². The highest BCUT2D eigenvalue weighted by Crippen LogP contribution is 2.12. The first kappa shape index (κ1) is 18.4. The SMILES string of the molecule is CCN(CC)C(=O)Cn1cc(C(=O)N(C)CC2CCCNC2)nn1. The van der Waals surface area contributed by atoms with Gasteiger partial charge in [-0.25, -0.2) is 4.68 Å². The van der Waals surface area contributed by atoms with Gasteiger partial charge in [0.1, 0.15) is 6.54 Å². The lowest BCUT2D eigenvalue weighted by Crippen LogP contribution is -2.39. The van der Waals surface area contributed by atoms with Crippen LogP contribution in [0, 0.1) is 5.92 Å². The molecule has 8 heteroatoms. The zero-order chi connectivity index (χ0) is 17.5. The third-order valence-electron chi connectivity index (χ3n) is 4.45. The average Bonchev–Trinajstić information content (AvgIpc) is 3.04. The number of nitrogens with zero attached hydrogens (tertiary/aromatic N) is 5. The van der Waals surface area contributed by atoms with Crippen LogP contribution in [0.15, 0.2) is 6.20 Å². The van der Waals surface area contributed by atoms with Gasteiger partial charge in [-0.15, -0.1) is 5.10 Å². The van der Waals surface area contributed by atoms with E-state index < -0.39 is 0 Å². The second-order valence-electron chi connectivity index (χ2n) is 6.27. The Morgan fingerprint density at radius 2 is 2.12 bits per heavy atom. The van der Waals surface area contributed by atoms with E-state index in [1.54, 1.807) is 23.0 Å². The van der Waals surface area contributed by atoms with E-state index in [1.807, 2.05) is 13.8 Å². The Labute approximate surface area is 143 Å². The van der Waals surface area contributed by atoms with Crippen LogP contribution in [-0.2, 0) is 11.3 Å². The van der Waals surface area contributed by atoms with E-state index in [9.17, 15) is 9.59 Å². The number of likely N-dealkylation sites (N-methyl/N-ethyl adjacent to an activating group) is 1. The molecule has 8 nitrogen and oxygen atoms in total. The number of hydrogen-bond acceptors (Lipinski definition) is 5. The lowest BCUT2D eigenvalue weighted by atomic mass is 9.99. The first-order chi connectivity index (χ1) is 11.5. The number of rotatable bonds is 7. The standard InChI is InChI=1S/C16H28N6O2/c1-4-21(5-2)15(23)12-22-11-14(18-19-22)16(24)20(3)10-13-7-6-8-17-9-13/h11,13,17H,4-10,12H2,1-3H3. The molecule has 2 heterocycles. The third kappa shape index (κ3) is 4.77. The van der Waals surface area contributed by atoms with E-state index in [0.717, 1.165) is 25.9 Å². The lowest BCUT2D eigenvalue weighted by molar-refractivity contribution is -0.131. The second-order valence-corrected chi connectivity index (χ2v) is 6.27. The van der Waals surface area contributed by atoms with Crippen LogP contribution < -0.4 is 5.32 Å². The van der Waals surface area contributed by atoms with Gasteiger partial charge < -0.3 is 15.1 Å². The predicted molar refractivity (Wildman–Crippen MR) is 90.5 cm³/mol. The highest BCUT2D eigenvalue weighted by Gasteiger charge is 2.21. The van der Waals surface area contributed by atoms with Gasteiger partial charge in [0.15, 0.2) is 5.69 Å². The molecule has 1 unspecified atom stereocenters. The number of carbonyl (C=O) groups excluding carboxylic acids is 2. The second kappa shape index (κ2) is 8.77. The predicted octanol–water partition coefficient (Wildman–Crippen LogP) is 0.218. The van der Waals surface area contributed by atoms with Crippen molar-refractivity contribution >= 4 is 11.8 Å². The molecular weight excluding hydrogens is 308 g/mol. The Morgan fingerprint density at radius 3 is 2.75 bits per heavy atom. The van der Waals surface area contributed by atoms with Crippen molar-refractivity contribution in [3.8, 4) is 0 Å². The summed E-state index contributed by atoms with van der Waals surface area (Å²) >= 11 is 0. The Kier molecular flexibility index (Phi) is 6.72. The van der Waals surface area contributed by atoms with E-state index in [0.29, 0.717) is 25.6 Å². The van der Waals surface area contributed by atoms with Gasteiger partial charge >= 0.3 is 0 Å². The molecule has 0 bridgehead atoms. The molecule has 2 amide bonds. The fraction of sp³-hybridized carbons (Fsp3) is 0.750. The van der Waals surface area contributed by atoms with Crippen molar-refractivity contribution < 1.29 is 9.59 Å². The molecule has 1 N–H and O–H groups in total. The summed E-state index contributed by atoms with van der Waals surface area (Å²) in [5, 5.41) is 11.2. The summed E-state index contributed by atoms with van der Waals surface area (Å²) in [6.45, 7) is 8.02. The monoisotopic (exact) mass is 336 g/mol. The minimum atomic E-state index is -0.151. The number of carbonyl (C=O) groups is 2. The Bertz CT molecular complexity index is 549. The van der Waals surface area contributed by atoms with E-state index in [4.69, 9.17) is 0 Å². The van der Waals surface area contributed by atoms with Gasteiger partial charge in [-0.05, 0) is 45.7 Å². The van der Waals surface area contributed by atoms with Gasteiger partial charge in [0.2, 0.25) is 5.91 Å². The van der Waals surface area contributed by atoms with Crippen molar-refractivity contribution in [3.63, 3.8) is 0 Å². The van der Waals surface area contributed by atoms with Crippen molar-refractivity contribution in [2.24, 2.45) is 5.92 Å². The van der Waals surface area contributed by atoms with Crippen molar-refractivity contribution in [2.45, 2.75) is 33.2 Å². The van der Waals surface area contributed by atoms with Crippen LogP contribution in [0.5, 0.6) is 0 Å². The molecule has 1 aliphatic heterocycles. The highest BCUT2D eigenvalue weighted by atomic mass is 16.2. The molecule has 1 aromatic heterocycles. The minimum absolute atomic E-state index is 0.0227. The maximum absolute atomic E-state index is 12.5. The first-order valence-electron chi connectivity index (χ1n) is 8.69. The van der Waals surface area contributed by atoms with Crippen LogP contribution >= 0.6 is 0 Å². The molecule has 0 aromatic carbocycles. The van der Waals surface area contributed by atoms with Gasteiger partial charge in [0, 0.05) is 26.7 Å². The summed E-state index contributed by atoms with van der Waals surface area (Å²) in [7, 11) is 1.79. The molecule has 0 radical (unpaired) electrons. The van der Waals surface area contributed by atoms with Crippen molar-refractivity contribution in [1.82, 2.24) is 30.1 Å². The molecule has 24 heavy (non-hydrogen) atoms. The first-order valence-corrected chi connectivity index (χ1v) is 8.69. The van der Waals surface area contributed by atoms with E-state index in [1.165, 1.54) is 4.68 Å². The van der Waals surface area contributed by atoms with Crippen molar-refractivity contribution in [3.05, 3.63) is 11.9 Å². The van der Waals surface area contributed by atoms with E-state index in [2.05, 4.69) is 15.6 Å². The molecular formula is C16H28N6O2. The molecule has 1 fully saturated rings. The lowest BCUT2D eigenvalue weighted by Gasteiger charge is -2.27. The maximum atomic E-state index is 12.5. The number of hydrogen-bond donors (Lipinski definition) is 1. The summed E-state index contributed by atoms with van der Waals surface area (Å²) in [6.07, 6.45) is 3.84. The van der Waals surface area contributed by atoms with Crippen LogP contribution in [0.4, 0.5) is 0 Å². The van der Waals surface area contributed by atoms with Gasteiger partial charge in [-0.1, -0.05) is 5.21 Å². The zero-order valence-corrected chi connectivity index (χ0v) is 14.9. The largest absolute Gasteiger partial charge is 0.342 e. The normalized spacial score (nSPS) is 17.5. The summed E-state index contributed by atoms with van der Waals surface area (Å²) in [4.78, 5) is 28.0. The fourth-order valence-corrected chi connectivity index (χ4v) is 3.03. The average molecular weight is 336 g/mol. The van der Waals surface area contributed by atoms with Gasteiger partial charge in [-0.3, -0.25) is 9.59 Å². The zero-order valence-electron chi connectivity index (χ0n) is 14.9. The summed E-state index contributed by atoms with van der Waals surface area (Å²) in [6, 6.07) is 0. The number of nitrogens with one attached hydrogen (secondary N) is 1. The van der Waals surface area contributed by atoms with Crippen molar-refractivity contribution in [2.75, 3.05) is 39.8 Å². The number of amides is 2. The smallest absolute Gasteiger partial charge is 0.275 e. The summed E-state index contributed by atoms with van der Waals surface area (Å²) in [5.41, 5.74) is 0.286. The van der Waals surface area contributed by atoms with Crippen LogP contribution in [0.25, 0.3) is 0 Å². The molecule has 1 aromatic rings. The van der Waals surface area contributed by atoms with Gasteiger partial charge in [0.05, 0.1) is 6.20 Å². The third-order valence-corrected chi connectivity index (χ3v) is 4.45. The topological polar surface area (TPSA) is 83.4 Å². The number of piperidine rings is 1. The summed E-state index contributed by atoms with van der Waals surface area (Å²) < 4.78 is 1.43. The van der Waals surface area contributed by atoms with Gasteiger partial charge in [-0.2, -0.15) is 0 Å². The van der Waals surface area contributed by atoms with Crippen molar-refractivity contribution in [1.29, 1.82) is 0 Å². The molecule has 0 spiro atoms. The fourth-order valence-electron chi connectivity index (χ4n) is 3.03. The Hall–Kier alpha value is -1.96. The quantitative estimate of drug-likeness (QED) is 0.770. The van der Waals surface area contributed by atoms with Crippen LogP contribution in [0.3, 0.4) is 0 Å². The molecule has 0 aliphatic carbocycles. The molecule has 1 saturated heterocycles. The molecule has 1 aliphatic rings. The Morgan fingerprint density at radius 1 is 1.38 bits per heavy atom. The minimum Gasteiger partial charge on any atom is -0.342 e. The van der Waals surface area contributed by atoms with Gasteiger partial charge in [0.25, 0.3) is 5.91 Å². The highest BCUT2D eigenvalue weighted by molar-refractivity contribution is 5.91. The molecule has 0 saturated carbocycles. The molecule has 2 rings (SSSR count). The Balaban J connectivity index is 1.91. The molecule has 1 atom stereocenters. The summed E-state index contributed by atoms with van der Waals surface area (Å²) in [5.74, 6) is 0.305.